The van der Waals surface area contributed by atoms with Gasteiger partial charge in [0.15, 0.2) is 5.84 Å². The lowest BCUT2D eigenvalue weighted by molar-refractivity contribution is -0.175. The van der Waals surface area contributed by atoms with Crippen LogP contribution in [0.1, 0.15) is 37.3 Å². The molecular formula is C23H29N3O2. The van der Waals surface area contributed by atoms with E-state index in [4.69, 9.17) is 9.57 Å². The first-order chi connectivity index (χ1) is 13.7. The van der Waals surface area contributed by atoms with Crippen LogP contribution in [0.3, 0.4) is 0 Å². The van der Waals surface area contributed by atoms with Gasteiger partial charge in [0.05, 0.1) is 12.6 Å². The molecule has 2 aliphatic heterocycles. The third kappa shape index (κ3) is 3.77. The topological polar surface area (TPSA) is 37.3 Å². The van der Waals surface area contributed by atoms with Gasteiger partial charge in [0.2, 0.25) is 5.72 Å². The number of ether oxygens (including phenoxy) is 1. The van der Waals surface area contributed by atoms with Gasteiger partial charge in [-0.05, 0) is 31.7 Å². The Bertz CT molecular complexity index is 796. The molecule has 4 rings (SSSR count). The van der Waals surface area contributed by atoms with E-state index in [1.807, 2.05) is 18.2 Å². The van der Waals surface area contributed by atoms with Crippen molar-refractivity contribution in [1.29, 1.82) is 0 Å². The molecule has 1 saturated heterocycles. The van der Waals surface area contributed by atoms with Crippen LogP contribution in [0.4, 0.5) is 0 Å². The molecule has 1 fully saturated rings. The third-order valence-corrected chi connectivity index (χ3v) is 5.69. The zero-order chi connectivity index (χ0) is 19.4. The molecule has 0 aliphatic carbocycles. The smallest absolute Gasteiger partial charge is 0.222 e. The number of rotatable bonds is 7. The second-order valence-corrected chi connectivity index (χ2v) is 7.76. The number of hydrazine groups is 1. The van der Waals surface area contributed by atoms with Gasteiger partial charge in [0.25, 0.3) is 0 Å². The average molecular weight is 380 g/mol. The van der Waals surface area contributed by atoms with Crippen LogP contribution >= 0.6 is 0 Å². The van der Waals surface area contributed by atoms with E-state index in [-0.39, 0.29) is 0 Å². The van der Waals surface area contributed by atoms with Crippen molar-refractivity contribution in [1.82, 2.24) is 10.0 Å². The monoisotopic (exact) mass is 379 g/mol. The number of nitrogens with zero attached hydrogens (tertiary/aromatic N) is 3. The molecule has 0 bridgehead atoms. The lowest BCUT2D eigenvalue weighted by Gasteiger charge is -2.42. The summed E-state index contributed by atoms with van der Waals surface area (Å²) in [6.07, 6.45) is 4.07. The summed E-state index contributed by atoms with van der Waals surface area (Å²) in [6, 6.07) is 21.2. The zero-order valence-corrected chi connectivity index (χ0v) is 16.8. The van der Waals surface area contributed by atoms with Gasteiger partial charge in [-0.25, -0.2) is 10.0 Å². The average Bonchev–Trinajstić information content (AvgIpc) is 3.32. The van der Waals surface area contributed by atoms with Crippen molar-refractivity contribution in [3.05, 3.63) is 71.8 Å². The predicted octanol–water partition coefficient (Wildman–Crippen LogP) is 4.06. The Morgan fingerprint density at radius 2 is 1.82 bits per heavy atom. The van der Waals surface area contributed by atoms with Crippen molar-refractivity contribution in [2.45, 2.75) is 44.4 Å². The van der Waals surface area contributed by atoms with Crippen LogP contribution in [-0.4, -0.2) is 47.9 Å². The molecule has 2 atom stereocenters. The summed E-state index contributed by atoms with van der Waals surface area (Å²) in [5, 5.41) is 9.26. The van der Waals surface area contributed by atoms with Crippen LogP contribution in [0.2, 0.25) is 0 Å². The first-order valence-corrected chi connectivity index (χ1v) is 10.1. The molecule has 0 unspecified atom stereocenters. The second-order valence-electron chi connectivity index (χ2n) is 7.76. The minimum atomic E-state index is -0.517. The summed E-state index contributed by atoms with van der Waals surface area (Å²) in [4.78, 5) is 6.11. The van der Waals surface area contributed by atoms with Gasteiger partial charge in [-0.3, -0.25) is 0 Å². The molecule has 5 heteroatoms. The molecule has 2 aromatic carbocycles. The molecule has 0 aromatic heterocycles. The first kappa shape index (κ1) is 19.0. The highest BCUT2D eigenvalue weighted by Gasteiger charge is 2.48. The molecule has 5 nitrogen and oxygen atoms in total. The molecule has 148 valence electrons. The number of benzene rings is 2. The Balaban J connectivity index is 1.62. The van der Waals surface area contributed by atoms with E-state index >= 15 is 0 Å². The lowest BCUT2D eigenvalue weighted by Crippen LogP contribution is -2.58. The number of hydrogen-bond acceptors (Lipinski definition) is 5. The molecule has 0 amide bonds. The fourth-order valence-corrected chi connectivity index (χ4v) is 4.22. The third-order valence-electron chi connectivity index (χ3n) is 5.69. The van der Waals surface area contributed by atoms with E-state index in [9.17, 15) is 0 Å². The molecule has 0 N–H and O–H groups in total. The maximum atomic E-state index is 6.11. The molecule has 2 aromatic rings. The Labute approximate surface area is 167 Å². The van der Waals surface area contributed by atoms with E-state index in [0.717, 1.165) is 43.6 Å². The van der Waals surface area contributed by atoms with E-state index < -0.39 is 5.72 Å². The molecule has 0 spiro atoms. The highest BCUT2D eigenvalue weighted by molar-refractivity contribution is 5.99. The number of amidine groups is 1. The van der Waals surface area contributed by atoms with Gasteiger partial charge in [-0.15, -0.1) is 0 Å². The van der Waals surface area contributed by atoms with Crippen LogP contribution in [0.15, 0.2) is 65.8 Å². The van der Waals surface area contributed by atoms with E-state index in [2.05, 4.69) is 64.6 Å². The summed E-state index contributed by atoms with van der Waals surface area (Å²) in [5.41, 5.74) is 1.88. The van der Waals surface area contributed by atoms with E-state index in [1.54, 1.807) is 7.11 Å². The lowest BCUT2D eigenvalue weighted by atomic mass is 10.0. The summed E-state index contributed by atoms with van der Waals surface area (Å²) < 4.78 is 5.50. The largest absolute Gasteiger partial charge is 0.383 e. The van der Waals surface area contributed by atoms with Crippen molar-refractivity contribution >= 4 is 5.84 Å². The predicted molar refractivity (Wildman–Crippen MR) is 111 cm³/mol. The van der Waals surface area contributed by atoms with Gasteiger partial charge >= 0.3 is 0 Å². The van der Waals surface area contributed by atoms with Gasteiger partial charge < -0.3 is 9.57 Å². The van der Waals surface area contributed by atoms with E-state index in [0.29, 0.717) is 12.6 Å². The molecule has 28 heavy (non-hydrogen) atoms. The Hall–Kier alpha value is -2.37. The normalized spacial score (nSPS) is 25.0. The van der Waals surface area contributed by atoms with Crippen molar-refractivity contribution in [3.8, 4) is 0 Å². The first-order valence-electron chi connectivity index (χ1n) is 10.1. The van der Waals surface area contributed by atoms with Crippen LogP contribution in [0, 0.1) is 0 Å². The number of oxime groups is 1. The van der Waals surface area contributed by atoms with Gasteiger partial charge in [-0.2, -0.15) is 0 Å². The quantitative estimate of drug-likeness (QED) is 0.727. The Kier molecular flexibility index (Phi) is 5.64. The van der Waals surface area contributed by atoms with Gasteiger partial charge in [0, 0.05) is 25.6 Å². The fraction of sp³-hybridized carbons (Fsp3) is 0.435. The SMILES string of the molecule is COC[C@@H]1CCCN1N1C(c2ccccc2)=NO[C@]1(C)CCc1ccccc1. The number of hydrogen-bond donors (Lipinski definition) is 0. The fourth-order valence-electron chi connectivity index (χ4n) is 4.22. The van der Waals surface area contributed by atoms with Crippen LogP contribution in [0.5, 0.6) is 0 Å². The Morgan fingerprint density at radius 1 is 1.11 bits per heavy atom. The second kappa shape index (κ2) is 8.33. The summed E-state index contributed by atoms with van der Waals surface area (Å²) in [5.74, 6) is 0.888. The van der Waals surface area contributed by atoms with Gasteiger partial charge in [-0.1, -0.05) is 65.8 Å². The summed E-state index contributed by atoms with van der Waals surface area (Å²) in [7, 11) is 1.78. The molecule has 0 saturated carbocycles. The standard InChI is InChI=1S/C23H29N3O2/c1-23(16-15-19-10-5-3-6-11-19)26(25-17-9-14-21(25)18-27-2)22(24-28-23)20-12-7-4-8-13-20/h3-8,10-13,21H,9,14-18H2,1-2H3/t21-,23+/m0/s1. The Morgan fingerprint density at radius 3 is 2.54 bits per heavy atom. The molecule has 2 heterocycles. The maximum absolute atomic E-state index is 6.11. The highest BCUT2D eigenvalue weighted by atomic mass is 16.7. The van der Waals surface area contributed by atoms with Crippen molar-refractivity contribution in [2.24, 2.45) is 5.16 Å². The molecular weight excluding hydrogens is 350 g/mol. The zero-order valence-electron chi connectivity index (χ0n) is 16.8. The highest BCUT2D eigenvalue weighted by Crippen LogP contribution is 2.36. The maximum Gasteiger partial charge on any atom is 0.222 e. The van der Waals surface area contributed by atoms with Crippen molar-refractivity contribution < 1.29 is 9.57 Å². The number of aryl methyl sites for hydroxylation is 1. The summed E-state index contributed by atoms with van der Waals surface area (Å²) in [6.45, 7) is 3.86. The van der Waals surface area contributed by atoms with Gasteiger partial charge in [0.1, 0.15) is 0 Å². The molecule has 2 aliphatic rings. The van der Waals surface area contributed by atoms with Crippen LogP contribution in [0.25, 0.3) is 0 Å². The van der Waals surface area contributed by atoms with Crippen LogP contribution in [-0.2, 0) is 16.0 Å². The van der Waals surface area contributed by atoms with E-state index in [1.165, 1.54) is 5.56 Å². The minimum Gasteiger partial charge on any atom is -0.383 e. The molecule has 0 radical (unpaired) electrons. The van der Waals surface area contributed by atoms with Crippen LogP contribution < -0.4 is 0 Å². The minimum absolute atomic E-state index is 0.344. The van der Waals surface area contributed by atoms with Crippen molar-refractivity contribution in [2.75, 3.05) is 20.3 Å². The summed E-state index contributed by atoms with van der Waals surface area (Å²) >= 11 is 0. The number of methoxy groups -OCH3 is 1. The van der Waals surface area contributed by atoms with Crippen molar-refractivity contribution in [3.63, 3.8) is 0 Å².